The van der Waals surface area contributed by atoms with Gasteiger partial charge >= 0.3 is 5.97 Å². The molecule has 0 aliphatic carbocycles. The first kappa shape index (κ1) is 26.0. The Morgan fingerprint density at radius 3 is 2.43 bits per heavy atom. The molecular weight excluding hydrogens is 496 g/mol. The van der Waals surface area contributed by atoms with Gasteiger partial charge in [-0.05, 0) is 18.2 Å². The molecule has 5 atom stereocenters. The topological polar surface area (TPSA) is 206 Å². The summed E-state index contributed by atoms with van der Waals surface area (Å²) in [7, 11) is 1.30. The average Bonchev–Trinajstić information content (AvgIpc) is 2.84. The molecule has 0 saturated carbocycles. The van der Waals surface area contributed by atoms with E-state index in [1.165, 1.54) is 25.3 Å². The lowest BCUT2D eigenvalue weighted by atomic mass is 9.99. The van der Waals surface area contributed by atoms with Crippen molar-refractivity contribution in [3.63, 3.8) is 0 Å². The third kappa shape index (κ3) is 4.84. The Bertz CT molecular complexity index is 1380. The van der Waals surface area contributed by atoms with Crippen LogP contribution in [0.3, 0.4) is 0 Å². The number of ether oxygens (including phenoxy) is 4. The van der Waals surface area contributed by atoms with E-state index in [1.807, 2.05) is 0 Å². The summed E-state index contributed by atoms with van der Waals surface area (Å²) in [4.78, 5) is 25.2. The van der Waals surface area contributed by atoms with Gasteiger partial charge in [0.05, 0.1) is 13.7 Å². The Morgan fingerprint density at radius 1 is 1.05 bits per heavy atom. The van der Waals surface area contributed by atoms with E-state index < -0.39 is 66.0 Å². The fraction of sp³-hybridized carbons (Fsp3) is 0.333. The molecule has 2 heterocycles. The number of carbonyl (C=O) groups excluding carboxylic acids is 1. The van der Waals surface area contributed by atoms with Crippen molar-refractivity contribution in [3.05, 3.63) is 40.6 Å². The zero-order valence-corrected chi connectivity index (χ0v) is 19.5. The van der Waals surface area contributed by atoms with Crippen molar-refractivity contribution < 1.29 is 58.8 Å². The third-order valence-electron chi connectivity index (χ3n) is 5.72. The lowest BCUT2D eigenvalue weighted by molar-refractivity contribution is -0.282. The van der Waals surface area contributed by atoms with E-state index in [2.05, 4.69) is 0 Å². The SMILES string of the molecule is COc1cc(-c2oc3cc(O)cc(O)c3c(=O)c2O[C@@H]2O[C@@H](CO)[C@@H](O)[C@H](O)[C@H]2OC(C)=O)ccc1O. The van der Waals surface area contributed by atoms with Gasteiger partial charge in [0.15, 0.2) is 23.4 Å². The molecule has 4 rings (SSSR count). The maximum atomic E-state index is 13.5. The lowest BCUT2D eigenvalue weighted by Gasteiger charge is -2.41. The van der Waals surface area contributed by atoms with E-state index in [4.69, 9.17) is 23.4 Å². The number of carbonyl (C=O) groups is 1. The molecule has 13 nitrogen and oxygen atoms in total. The molecule has 1 aromatic heterocycles. The maximum absolute atomic E-state index is 13.5. The fourth-order valence-electron chi connectivity index (χ4n) is 3.97. The molecule has 13 heteroatoms. The number of aliphatic hydroxyl groups is 3. The van der Waals surface area contributed by atoms with Gasteiger partial charge in [-0.2, -0.15) is 0 Å². The molecule has 0 amide bonds. The Kier molecular flexibility index (Phi) is 7.14. The van der Waals surface area contributed by atoms with Crippen LogP contribution in [0.15, 0.2) is 39.5 Å². The Labute approximate surface area is 208 Å². The minimum absolute atomic E-state index is 0.00977. The molecular formula is C24H24O13. The number of aromatic hydroxyl groups is 3. The molecule has 37 heavy (non-hydrogen) atoms. The van der Waals surface area contributed by atoms with Gasteiger partial charge in [-0.1, -0.05) is 0 Å². The monoisotopic (exact) mass is 520 g/mol. The van der Waals surface area contributed by atoms with Gasteiger partial charge in [0.2, 0.25) is 17.5 Å². The summed E-state index contributed by atoms with van der Waals surface area (Å²) in [5.74, 6) is -2.96. The van der Waals surface area contributed by atoms with Crippen LogP contribution in [0.4, 0.5) is 0 Å². The van der Waals surface area contributed by atoms with E-state index in [0.29, 0.717) is 0 Å². The third-order valence-corrected chi connectivity index (χ3v) is 5.72. The zero-order valence-electron chi connectivity index (χ0n) is 19.5. The van der Waals surface area contributed by atoms with Crippen LogP contribution in [-0.4, -0.2) is 81.0 Å². The predicted octanol–water partition coefficient (Wildman–Crippen LogP) is 0.335. The van der Waals surface area contributed by atoms with Crippen molar-refractivity contribution in [2.24, 2.45) is 0 Å². The number of benzene rings is 2. The number of fused-ring (bicyclic) bond motifs is 1. The van der Waals surface area contributed by atoms with E-state index in [0.717, 1.165) is 19.1 Å². The van der Waals surface area contributed by atoms with E-state index in [-0.39, 0.29) is 33.8 Å². The van der Waals surface area contributed by atoms with Crippen molar-refractivity contribution in [2.45, 2.75) is 37.6 Å². The molecule has 3 aromatic rings. The molecule has 0 unspecified atom stereocenters. The van der Waals surface area contributed by atoms with Crippen LogP contribution in [0.2, 0.25) is 0 Å². The second-order valence-electron chi connectivity index (χ2n) is 8.21. The Balaban J connectivity index is 1.93. The highest BCUT2D eigenvalue weighted by Gasteiger charge is 2.48. The Morgan fingerprint density at radius 2 is 1.78 bits per heavy atom. The van der Waals surface area contributed by atoms with Crippen LogP contribution in [0, 0.1) is 0 Å². The minimum Gasteiger partial charge on any atom is -0.508 e. The van der Waals surface area contributed by atoms with Crippen LogP contribution in [0.5, 0.6) is 28.7 Å². The fourth-order valence-corrected chi connectivity index (χ4v) is 3.97. The standard InChI is InChI=1S/C24H24O13/c1-9(26)34-23-20(32)18(30)16(8-25)36-24(23)37-22-19(31)17-13(29)6-11(27)7-15(17)35-21(22)10-3-4-12(28)14(5-10)33-2/h3-7,16,18,20,23-25,27-30,32H,8H2,1-2H3/t16-,18+,20-,23+,24-/m0/s1. The number of hydrogen-bond acceptors (Lipinski definition) is 13. The number of aliphatic hydroxyl groups excluding tert-OH is 3. The molecule has 1 fully saturated rings. The number of hydrogen-bond donors (Lipinski definition) is 6. The largest absolute Gasteiger partial charge is 0.508 e. The molecule has 1 saturated heterocycles. The first-order chi connectivity index (χ1) is 17.5. The summed E-state index contributed by atoms with van der Waals surface area (Å²) in [6.45, 7) is 0.288. The molecule has 2 aromatic carbocycles. The molecule has 1 aliphatic rings. The molecule has 0 bridgehead atoms. The summed E-state index contributed by atoms with van der Waals surface area (Å²) in [6.07, 6.45) is -8.16. The predicted molar refractivity (Wildman–Crippen MR) is 123 cm³/mol. The molecule has 1 aliphatic heterocycles. The van der Waals surface area contributed by atoms with Crippen molar-refractivity contribution in [3.8, 4) is 40.1 Å². The van der Waals surface area contributed by atoms with Gasteiger partial charge in [0.1, 0.15) is 40.8 Å². The van der Waals surface area contributed by atoms with Gasteiger partial charge in [0.25, 0.3) is 0 Å². The first-order valence-electron chi connectivity index (χ1n) is 10.9. The summed E-state index contributed by atoms with van der Waals surface area (Å²) >= 11 is 0. The second kappa shape index (κ2) is 10.1. The number of phenols is 3. The van der Waals surface area contributed by atoms with Gasteiger partial charge in [-0.15, -0.1) is 0 Å². The highest BCUT2D eigenvalue weighted by atomic mass is 16.7. The van der Waals surface area contributed by atoms with Gasteiger partial charge in [-0.25, -0.2) is 0 Å². The smallest absolute Gasteiger partial charge is 0.303 e. The molecule has 0 spiro atoms. The van der Waals surface area contributed by atoms with Crippen molar-refractivity contribution in [2.75, 3.05) is 13.7 Å². The van der Waals surface area contributed by atoms with Crippen LogP contribution in [0.1, 0.15) is 6.92 Å². The van der Waals surface area contributed by atoms with Crippen LogP contribution >= 0.6 is 0 Å². The van der Waals surface area contributed by atoms with E-state index >= 15 is 0 Å². The minimum atomic E-state index is -1.77. The highest BCUT2D eigenvalue weighted by Crippen LogP contribution is 2.39. The zero-order chi connectivity index (χ0) is 27.0. The number of phenolic OH excluding ortho intramolecular Hbond substituents is 3. The normalized spacial score (nSPS) is 23.5. The van der Waals surface area contributed by atoms with E-state index in [9.17, 15) is 40.2 Å². The Hall–Kier alpha value is -4.04. The summed E-state index contributed by atoms with van der Waals surface area (Å²) < 4.78 is 27.3. The molecule has 0 radical (unpaired) electrons. The van der Waals surface area contributed by atoms with Gasteiger partial charge in [0, 0.05) is 24.6 Å². The number of methoxy groups -OCH3 is 1. The quantitative estimate of drug-likeness (QED) is 0.243. The first-order valence-corrected chi connectivity index (χ1v) is 10.9. The van der Waals surface area contributed by atoms with Crippen molar-refractivity contribution in [1.29, 1.82) is 0 Å². The van der Waals surface area contributed by atoms with Gasteiger partial charge < -0.3 is 54.0 Å². The highest BCUT2D eigenvalue weighted by molar-refractivity contribution is 5.88. The molecule has 6 N–H and O–H groups in total. The van der Waals surface area contributed by atoms with E-state index in [1.54, 1.807) is 0 Å². The molecule has 198 valence electrons. The number of esters is 1. The van der Waals surface area contributed by atoms with Crippen LogP contribution in [0.25, 0.3) is 22.3 Å². The van der Waals surface area contributed by atoms with Crippen molar-refractivity contribution >= 4 is 16.9 Å². The average molecular weight is 520 g/mol. The van der Waals surface area contributed by atoms with Crippen LogP contribution < -0.4 is 14.9 Å². The lowest BCUT2D eigenvalue weighted by Crippen LogP contribution is -2.61. The maximum Gasteiger partial charge on any atom is 0.303 e. The van der Waals surface area contributed by atoms with Crippen molar-refractivity contribution in [1.82, 2.24) is 0 Å². The van der Waals surface area contributed by atoms with Gasteiger partial charge in [-0.3, -0.25) is 9.59 Å². The summed E-state index contributed by atoms with van der Waals surface area (Å²) in [5, 5.41) is 60.2. The second-order valence-corrected chi connectivity index (χ2v) is 8.21. The number of rotatable bonds is 6. The summed E-state index contributed by atoms with van der Waals surface area (Å²) in [5.41, 5.74) is -1.01. The van der Waals surface area contributed by atoms with Crippen LogP contribution in [-0.2, 0) is 14.3 Å². The summed E-state index contributed by atoms with van der Waals surface area (Å²) in [6, 6.07) is 5.92.